The van der Waals surface area contributed by atoms with Crippen LogP contribution in [0.4, 0.5) is 19.4 Å². The third-order valence-electron chi connectivity index (χ3n) is 7.65. The maximum atomic E-state index is 13.2. The summed E-state index contributed by atoms with van der Waals surface area (Å²) in [6.45, 7) is 1.88. The van der Waals surface area contributed by atoms with Gasteiger partial charge in [0.2, 0.25) is 11.8 Å². The van der Waals surface area contributed by atoms with Crippen molar-refractivity contribution < 1.29 is 38.5 Å². The summed E-state index contributed by atoms with van der Waals surface area (Å²) in [6.07, 6.45) is 1.25. The number of amides is 3. The molecule has 0 spiro atoms. The Morgan fingerprint density at radius 3 is 2.18 bits per heavy atom. The van der Waals surface area contributed by atoms with Gasteiger partial charge in [-0.3, -0.25) is 19.8 Å². The highest BCUT2D eigenvalue weighted by atomic mass is 32.5. The van der Waals surface area contributed by atoms with Gasteiger partial charge < -0.3 is 26.0 Å². The molecule has 1 saturated carbocycles. The molecule has 3 aromatic rings. The Labute approximate surface area is 252 Å². The van der Waals surface area contributed by atoms with E-state index in [1.807, 2.05) is 6.92 Å². The number of carbonyl (C=O) groups excluding carboxylic acids is 3. The molecule has 2 aliphatic rings. The molecule has 3 amide bonds. The van der Waals surface area contributed by atoms with Crippen LogP contribution < -0.4 is 21.1 Å². The van der Waals surface area contributed by atoms with Crippen molar-refractivity contribution in [2.45, 2.75) is 43.3 Å². The van der Waals surface area contributed by atoms with Crippen LogP contribution in [0, 0.1) is 10.8 Å². The predicted molar refractivity (Wildman–Crippen MR) is 156 cm³/mol. The second-order valence-corrected chi connectivity index (χ2v) is 14.5. The number of benzene rings is 2. The van der Waals surface area contributed by atoms with Crippen molar-refractivity contribution in [2.24, 2.45) is 11.1 Å². The van der Waals surface area contributed by atoms with Crippen LogP contribution in [0.15, 0.2) is 64.9 Å². The lowest BCUT2D eigenvalue weighted by atomic mass is 10.0. The number of piperidine rings is 1. The van der Waals surface area contributed by atoms with Gasteiger partial charge in [-0.15, -0.1) is 11.3 Å². The molecular weight excluding hydrogens is 629 g/mol. The summed E-state index contributed by atoms with van der Waals surface area (Å²) in [5.74, 6) is -1.35. The molecule has 9 nitrogen and oxygen atoms in total. The molecule has 2 aromatic carbocycles. The molecule has 0 radical (unpaired) electrons. The third-order valence-corrected chi connectivity index (χ3v) is 9.75. The molecule has 5 N–H and O–H groups in total. The number of thiophene rings is 1. The summed E-state index contributed by atoms with van der Waals surface area (Å²) in [5.41, 5.74) is 6.05. The van der Waals surface area contributed by atoms with E-state index in [1.54, 1.807) is 11.4 Å². The Hall–Kier alpha value is -4.18. The minimum Gasteiger partial charge on any atom is -0.457 e. The molecule has 0 unspecified atom stereocenters. The average molecular weight is 658 g/mol. The van der Waals surface area contributed by atoms with Crippen LogP contribution in [0.5, 0.6) is 11.5 Å². The summed E-state index contributed by atoms with van der Waals surface area (Å²) >= 11 is 1.36. The van der Waals surface area contributed by atoms with E-state index in [0.29, 0.717) is 12.0 Å². The lowest BCUT2D eigenvalue weighted by Gasteiger charge is -2.40. The van der Waals surface area contributed by atoms with Crippen LogP contribution in [0.1, 0.15) is 40.6 Å². The Morgan fingerprint density at radius 1 is 1.00 bits per heavy atom. The number of rotatable bonds is 10. The number of halogens is 5. The summed E-state index contributed by atoms with van der Waals surface area (Å²) in [7, 11) is -9.79. The minimum absolute atomic E-state index is 0.0681. The van der Waals surface area contributed by atoms with Gasteiger partial charge in [0, 0.05) is 27.4 Å². The molecule has 1 aliphatic heterocycles. The Kier molecular flexibility index (Phi) is 7.24. The highest BCUT2D eigenvalue weighted by Gasteiger charge is 2.65. The van der Waals surface area contributed by atoms with Gasteiger partial charge in [0.25, 0.3) is 5.91 Å². The van der Waals surface area contributed by atoms with E-state index in [1.165, 1.54) is 40.5 Å². The Morgan fingerprint density at radius 2 is 1.61 bits per heavy atom. The fourth-order valence-corrected chi connectivity index (χ4v) is 6.67. The van der Waals surface area contributed by atoms with Gasteiger partial charge >= 0.3 is 10.2 Å². The van der Waals surface area contributed by atoms with Crippen LogP contribution in [-0.4, -0.2) is 47.1 Å². The van der Waals surface area contributed by atoms with Crippen molar-refractivity contribution in [1.82, 2.24) is 15.5 Å². The first kappa shape index (κ1) is 31.3. The van der Waals surface area contributed by atoms with Gasteiger partial charge in [-0.1, -0.05) is 26.4 Å². The van der Waals surface area contributed by atoms with E-state index in [-0.39, 0.29) is 65.5 Å². The van der Waals surface area contributed by atoms with Crippen LogP contribution in [-0.2, 0) is 16.1 Å². The number of hydrogen-bond acceptors (Lipinski definition) is 6. The van der Waals surface area contributed by atoms with E-state index < -0.39 is 33.0 Å². The van der Waals surface area contributed by atoms with Gasteiger partial charge in [0.15, 0.2) is 0 Å². The molecule has 2 fully saturated rings. The number of amidine groups is 1. The highest BCUT2D eigenvalue weighted by Crippen LogP contribution is 3.02. The number of nitrogens with one attached hydrogen (secondary N) is 3. The van der Waals surface area contributed by atoms with E-state index in [9.17, 15) is 33.8 Å². The smallest absolute Gasteiger partial charge is 0.310 e. The van der Waals surface area contributed by atoms with E-state index in [0.717, 1.165) is 23.4 Å². The summed E-state index contributed by atoms with van der Waals surface area (Å²) in [5, 5.41) is 14.6. The average Bonchev–Trinajstić information content (AvgIpc) is 3.25. The van der Waals surface area contributed by atoms with Crippen molar-refractivity contribution in [3.05, 3.63) is 76.0 Å². The zero-order valence-corrected chi connectivity index (χ0v) is 24.8. The number of hydrogen-bond donors (Lipinski definition) is 4. The first-order valence-electron chi connectivity index (χ1n) is 13.2. The van der Waals surface area contributed by atoms with Crippen LogP contribution in [0.25, 0.3) is 0 Å². The van der Waals surface area contributed by atoms with Gasteiger partial charge in [0.1, 0.15) is 28.3 Å². The molecule has 2 heterocycles. The largest absolute Gasteiger partial charge is 0.457 e. The number of likely N-dealkylation sites (tertiary alicyclic amines) is 1. The topological polar surface area (TPSA) is 138 Å². The third kappa shape index (κ3) is 6.80. The molecule has 1 saturated heterocycles. The number of fused-ring (bicyclic) bond motifs is 1. The van der Waals surface area contributed by atoms with Crippen LogP contribution >= 0.6 is 21.6 Å². The highest BCUT2D eigenvalue weighted by molar-refractivity contribution is 8.45. The fraction of sp³-hybridized carbons (Fsp3) is 0.286. The summed E-state index contributed by atoms with van der Waals surface area (Å²) in [6, 6.07) is 8.38. The number of ether oxygens (including phenoxy) is 1. The lowest BCUT2D eigenvalue weighted by molar-refractivity contribution is -0.139. The summed E-state index contributed by atoms with van der Waals surface area (Å²) < 4.78 is 69.9. The van der Waals surface area contributed by atoms with Crippen molar-refractivity contribution in [1.29, 1.82) is 5.41 Å². The van der Waals surface area contributed by atoms with Crippen molar-refractivity contribution in [2.75, 3.05) is 6.54 Å². The number of nitrogens with two attached hydrogens (primary N) is 1. The lowest BCUT2D eigenvalue weighted by Crippen LogP contribution is -2.50. The summed E-state index contributed by atoms with van der Waals surface area (Å²) in [4.78, 5) is 39.2. The van der Waals surface area contributed by atoms with Gasteiger partial charge in [-0.25, -0.2) is 0 Å². The fourth-order valence-electron chi connectivity index (χ4n) is 5.19. The number of nitrogens with zero attached hydrogens (tertiary/aromatic N) is 1. The second kappa shape index (κ2) is 10.2. The van der Waals surface area contributed by atoms with Crippen molar-refractivity contribution in [3.8, 4) is 11.5 Å². The molecule has 236 valence electrons. The van der Waals surface area contributed by atoms with E-state index >= 15 is 0 Å². The maximum absolute atomic E-state index is 13.2. The van der Waals surface area contributed by atoms with Gasteiger partial charge in [-0.05, 0) is 72.9 Å². The first-order chi connectivity index (χ1) is 20.3. The van der Waals surface area contributed by atoms with E-state index in [2.05, 4.69) is 10.6 Å². The zero-order valence-electron chi connectivity index (χ0n) is 23.1. The maximum Gasteiger partial charge on any atom is 0.310 e. The monoisotopic (exact) mass is 657 g/mol. The number of nitrogen functional groups attached to an aromatic ring is 1. The molecule has 1 aliphatic carbocycles. The number of carbonyl (C=O) groups is 3. The van der Waals surface area contributed by atoms with Gasteiger partial charge in [-0.2, -0.15) is 0 Å². The van der Waals surface area contributed by atoms with Crippen LogP contribution in [0.2, 0.25) is 0 Å². The van der Waals surface area contributed by atoms with Gasteiger partial charge in [0.05, 0.1) is 13.1 Å². The van der Waals surface area contributed by atoms with Crippen molar-refractivity contribution >= 4 is 45.1 Å². The molecule has 44 heavy (non-hydrogen) atoms. The Balaban J connectivity index is 1.15. The predicted octanol–water partition coefficient (Wildman–Crippen LogP) is 5.91. The Bertz CT molecular complexity index is 1650. The standard InChI is InChI=1S/C28H28F5N5O4S2/c1-28-11-22(27(41)36-13-20-10-17(15-43-20)25(34)35)38(23(28)12-28)24(39)14-37-26(40)16-2-4-18(5-3-16)42-19-6-8-21(9-7-19)44(29,30,31,32)33/h2-10,15,22-23H,11-14H2,1H3,(H3,34,35)(H,36,41)(H,37,40)/t22-,23-,28+/m0/s1. The normalized spacial score (nSPS) is 22.3. The molecule has 3 atom stereocenters. The minimum atomic E-state index is -9.79. The molecule has 0 bridgehead atoms. The molecule has 16 heteroatoms. The molecule has 1 aromatic heterocycles. The molecule has 5 rings (SSSR count). The first-order valence-corrected chi connectivity index (χ1v) is 16.1. The second-order valence-electron chi connectivity index (χ2n) is 11.1. The molecular formula is C28H28F5N5O4S2. The van der Waals surface area contributed by atoms with Crippen molar-refractivity contribution in [3.63, 3.8) is 0 Å². The van der Waals surface area contributed by atoms with Crippen LogP contribution in [0.3, 0.4) is 0 Å². The zero-order chi connectivity index (χ0) is 32.1. The van der Waals surface area contributed by atoms with E-state index in [4.69, 9.17) is 15.9 Å². The SMILES string of the molecule is C[C@@]12C[C@@H]1N(C(=O)CNC(=O)c1ccc(Oc3ccc(S(F)(F)(F)(F)F)cc3)cc1)[C@H](C(=O)NCc1cc(C(=N)N)cs1)C2. The quantitative estimate of drug-likeness (QED) is 0.122.